The molecule has 21 heavy (non-hydrogen) atoms. The summed E-state index contributed by atoms with van der Waals surface area (Å²) in [4.78, 5) is 12.2. The lowest BCUT2D eigenvalue weighted by Gasteiger charge is -2.09. The van der Waals surface area contributed by atoms with Gasteiger partial charge in [-0.3, -0.25) is 4.79 Å². The third-order valence-corrected chi connectivity index (χ3v) is 3.48. The average Bonchev–Trinajstić information content (AvgIpc) is 2.45. The van der Waals surface area contributed by atoms with Gasteiger partial charge in [0.1, 0.15) is 18.2 Å². The number of amides is 1. The van der Waals surface area contributed by atoms with Crippen LogP contribution in [0.5, 0.6) is 5.75 Å². The normalized spacial score (nSPS) is 9.76. The number of ether oxygens (including phenoxy) is 1. The largest absolute Gasteiger partial charge is 0.481 e. The first-order valence-corrected chi connectivity index (χ1v) is 7.11. The van der Waals surface area contributed by atoms with E-state index in [1.165, 1.54) is 18.2 Å². The highest BCUT2D eigenvalue weighted by molar-refractivity contribution is 14.1. The van der Waals surface area contributed by atoms with Gasteiger partial charge in [-0.2, -0.15) is 0 Å². The first-order chi connectivity index (χ1) is 10.1. The van der Waals surface area contributed by atoms with E-state index in [2.05, 4.69) is 11.2 Å². The Morgan fingerprint density at radius 2 is 2.14 bits per heavy atom. The molecule has 0 spiro atoms. The molecular formula is C16H11FINO2. The molecule has 0 radical (unpaired) electrons. The standard InChI is InChI=1S/C16H11FINO2/c1-2-8-21-13-5-3-4-12(10-13)19-16(20)14-7-6-11(17)9-15(14)18/h1,3-7,9-10H,8H2,(H,19,20). The molecule has 2 aromatic carbocycles. The summed E-state index contributed by atoms with van der Waals surface area (Å²) >= 11 is 1.92. The minimum Gasteiger partial charge on any atom is -0.481 e. The molecule has 106 valence electrons. The molecule has 0 aliphatic carbocycles. The smallest absolute Gasteiger partial charge is 0.256 e. The number of benzene rings is 2. The van der Waals surface area contributed by atoms with E-state index in [1.807, 2.05) is 22.6 Å². The highest BCUT2D eigenvalue weighted by atomic mass is 127. The van der Waals surface area contributed by atoms with Gasteiger partial charge in [-0.15, -0.1) is 6.42 Å². The van der Waals surface area contributed by atoms with Crippen molar-refractivity contribution in [1.29, 1.82) is 0 Å². The molecule has 0 aliphatic heterocycles. The lowest BCUT2D eigenvalue weighted by Crippen LogP contribution is -2.13. The van der Waals surface area contributed by atoms with Crippen molar-refractivity contribution in [3.8, 4) is 18.1 Å². The van der Waals surface area contributed by atoms with Crippen LogP contribution in [0.4, 0.5) is 10.1 Å². The van der Waals surface area contributed by atoms with E-state index >= 15 is 0 Å². The maximum atomic E-state index is 13.0. The second kappa shape index (κ2) is 7.09. The average molecular weight is 395 g/mol. The summed E-state index contributed by atoms with van der Waals surface area (Å²) in [6.45, 7) is 0.160. The summed E-state index contributed by atoms with van der Waals surface area (Å²) in [5, 5.41) is 2.74. The Balaban J connectivity index is 2.14. The van der Waals surface area contributed by atoms with E-state index in [0.29, 0.717) is 20.6 Å². The molecule has 1 N–H and O–H groups in total. The van der Waals surface area contributed by atoms with Crippen molar-refractivity contribution in [1.82, 2.24) is 0 Å². The van der Waals surface area contributed by atoms with Gasteiger partial charge in [0.25, 0.3) is 5.91 Å². The van der Waals surface area contributed by atoms with Gasteiger partial charge in [0, 0.05) is 15.3 Å². The summed E-state index contributed by atoms with van der Waals surface area (Å²) in [7, 11) is 0. The van der Waals surface area contributed by atoms with Crippen LogP contribution in [0.3, 0.4) is 0 Å². The van der Waals surface area contributed by atoms with Crippen LogP contribution < -0.4 is 10.1 Å². The second-order valence-electron chi connectivity index (χ2n) is 4.10. The maximum absolute atomic E-state index is 13.0. The van der Waals surface area contributed by atoms with Gasteiger partial charge in [0.05, 0.1) is 5.56 Å². The first kappa shape index (κ1) is 15.3. The lowest BCUT2D eigenvalue weighted by molar-refractivity contribution is 0.102. The van der Waals surface area contributed by atoms with Crippen LogP contribution in [-0.2, 0) is 0 Å². The van der Waals surface area contributed by atoms with E-state index in [-0.39, 0.29) is 18.3 Å². The summed E-state index contributed by atoms with van der Waals surface area (Å²) < 4.78 is 18.9. The van der Waals surface area contributed by atoms with Crippen molar-refractivity contribution in [3.63, 3.8) is 0 Å². The molecule has 0 saturated carbocycles. The fourth-order valence-electron chi connectivity index (χ4n) is 1.66. The Kier molecular flexibility index (Phi) is 5.17. The minimum absolute atomic E-state index is 0.160. The number of halogens is 2. The number of nitrogens with one attached hydrogen (secondary N) is 1. The molecule has 3 nitrogen and oxygen atoms in total. The molecule has 1 amide bonds. The molecule has 0 aromatic heterocycles. The Labute approximate surface area is 135 Å². The Hall–Kier alpha value is -2.07. The zero-order chi connectivity index (χ0) is 15.2. The fraction of sp³-hybridized carbons (Fsp3) is 0.0625. The third-order valence-electron chi connectivity index (χ3n) is 2.59. The topological polar surface area (TPSA) is 38.3 Å². The van der Waals surface area contributed by atoms with Crippen molar-refractivity contribution in [2.24, 2.45) is 0 Å². The fourth-order valence-corrected chi connectivity index (χ4v) is 2.38. The summed E-state index contributed by atoms with van der Waals surface area (Å²) in [6, 6.07) is 10.9. The highest BCUT2D eigenvalue weighted by Crippen LogP contribution is 2.20. The minimum atomic E-state index is -0.374. The molecule has 0 heterocycles. The number of hydrogen-bond donors (Lipinski definition) is 1. The van der Waals surface area contributed by atoms with E-state index in [0.717, 1.165) is 0 Å². The van der Waals surface area contributed by atoms with Crippen molar-refractivity contribution in [2.45, 2.75) is 0 Å². The van der Waals surface area contributed by atoms with E-state index in [4.69, 9.17) is 11.2 Å². The summed E-state index contributed by atoms with van der Waals surface area (Å²) in [5.74, 6) is 2.25. The Bertz CT molecular complexity index is 710. The first-order valence-electron chi connectivity index (χ1n) is 6.03. The second-order valence-corrected chi connectivity index (χ2v) is 5.26. The van der Waals surface area contributed by atoms with Crippen molar-refractivity contribution >= 4 is 34.2 Å². The van der Waals surface area contributed by atoms with Crippen LogP contribution in [0.1, 0.15) is 10.4 Å². The molecule has 0 unspecified atom stereocenters. The molecule has 0 atom stereocenters. The highest BCUT2D eigenvalue weighted by Gasteiger charge is 2.11. The monoisotopic (exact) mass is 395 g/mol. The van der Waals surface area contributed by atoms with Crippen LogP contribution in [0.15, 0.2) is 42.5 Å². The van der Waals surface area contributed by atoms with Gasteiger partial charge >= 0.3 is 0 Å². The molecule has 5 heteroatoms. The predicted molar refractivity (Wildman–Crippen MR) is 87.8 cm³/mol. The Morgan fingerprint density at radius 3 is 2.86 bits per heavy atom. The quantitative estimate of drug-likeness (QED) is 0.634. The molecule has 0 fully saturated rings. The van der Waals surface area contributed by atoms with Gasteiger partial charge < -0.3 is 10.1 Å². The van der Waals surface area contributed by atoms with Crippen molar-refractivity contribution in [2.75, 3.05) is 11.9 Å². The van der Waals surface area contributed by atoms with Crippen LogP contribution in [0.2, 0.25) is 0 Å². The SMILES string of the molecule is C#CCOc1cccc(NC(=O)c2ccc(F)cc2I)c1. The molecule has 2 aromatic rings. The molecule has 0 bridgehead atoms. The van der Waals surface area contributed by atoms with Gasteiger partial charge in [-0.1, -0.05) is 12.0 Å². The molecular weight excluding hydrogens is 384 g/mol. The van der Waals surface area contributed by atoms with Gasteiger partial charge in [-0.05, 0) is 52.9 Å². The number of carbonyl (C=O) groups is 1. The molecule has 0 saturated heterocycles. The number of anilines is 1. The maximum Gasteiger partial charge on any atom is 0.256 e. The van der Waals surface area contributed by atoms with E-state index in [9.17, 15) is 9.18 Å². The number of terminal acetylenes is 1. The van der Waals surface area contributed by atoms with Crippen LogP contribution in [-0.4, -0.2) is 12.5 Å². The van der Waals surface area contributed by atoms with Crippen molar-refractivity contribution < 1.29 is 13.9 Å². The van der Waals surface area contributed by atoms with Crippen molar-refractivity contribution in [3.05, 3.63) is 57.4 Å². The van der Waals surface area contributed by atoms with Gasteiger partial charge in [0.2, 0.25) is 0 Å². The van der Waals surface area contributed by atoms with Crippen LogP contribution in [0, 0.1) is 21.7 Å². The summed E-state index contributed by atoms with van der Waals surface area (Å²) in [6.07, 6.45) is 5.12. The molecule has 2 rings (SSSR count). The Morgan fingerprint density at radius 1 is 1.33 bits per heavy atom. The van der Waals surface area contributed by atoms with Gasteiger partial charge in [0.15, 0.2) is 0 Å². The lowest BCUT2D eigenvalue weighted by atomic mass is 10.2. The number of rotatable bonds is 4. The summed E-state index contributed by atoms with van der Waals surface area (Å²) in [5.41, 5.74) is 0.988. The van der Waals surface area contributed by atoms with E-state index < -0.39 is 0 Å². The zero-order valence-electron chi connectivity index (χ0n) is 10.9. The molecule has 0 aliphatic rings. The number of hydrogen-bond acceptors (Lipinski definition) is 2. The third kappa shape index (κ3) is 4.20. The van der Waals surface area contributed by atoms with Crippen LogP contribution >= 0.6 is 22.6 Å². The predicted octanol–water partition coefficient (Wildman–Crippen LogP) is 3.69. The van der Waals surface area contributed by atoms with Crippen LogP contribution in [0.25, 0.3) is 0 Å². The zero-order valence-corrected chi connectivity index (χ0v) is 13.1. The van der Waals surface area contributed by atoms with Gasteiger partial charge in [-0.25, -0.2) is 4.39 Å². The van der Waals surface area contributed by atoms with E-state index in [1.54, 1.807) is 24.3 Å². The number of carbonyl (C=O) groups excluding carboxylic acids is 1.